The van der Waals surface area contributed by atoms with Gasteiger partial charge in [-0.3, -0.25) is 9.69 Å². The fourth-order valence-corrected chi connectivity index (χ4v) is 4.11. The molecule has 3 atom stereocenters. The van der Waals surface area contributed by atoms with Gasteiger partial charge < -0.3 is 5.11 Å². The summed E-state index contributed by atoms with van der Waals surface area (Å²) in [6.07, 6.45) is 5.68. The number of hydrogen-bond acceptors (Lipinski definition) is 2. The first-order valence-electron chi connectivity index (χ1n) is 7.34. The van der Waals surface area contributed by atoms with E-state index in [2.05, 4.69) is 25.7 Å². The molecule has 3 heteroatoms. The van der Waals surface area contributed by atoms with E-state index in [0.717, 1.165) is 31.8 Å². The Morgan fingerprint density at radius 1 is 1.33 bits per heavy atom. The Morgan fingerprint density at radius 2 is 2.06 bits per heavy atom. The fourth-order valence-electron chi connectivity index (χ4n) is 4.11. The van der Waals surface area contributed by atoms with Gasteiger partial charge >= 0.3 is 5.97 Å². The van der Waals surface area contributed by atoms with Crippen molar-refractivity contribution in [3.05, 3.63) is 0 Å². The van der Waals surface area contributed by atoms with Gasteiger partial charge in [-0.2, -0.15) is 0 Å². The topological polar surface area (TPSA) is 40.5 Å². The molecule has 3 unspecified atom stereocenters. The first-order valence-corrected chi connectivity index (χ1v) is 7.34. The van der Waals surface area contributed by atoms with Gasteiger partial charge in [-0.15, -0.1) is 0 Å². The van der Waals surface area contributed by atoms with Crippen LogP contribution in [0.25, 0.3) is 0 Å². The van der Waals surface area contributed by atoms with Crippen LogP contribution in [0.3, 0.4) is 0 Å². The van der Waals surface area contributed by atoms with Crippen LogP contribution in [-0.4, -0.2) is 35.1 Å². The molecule has 1 heterocycles. The number of carboxylic acid groups (broad SMARTS) is 1. The van der Waals surface area contributed by atoms with E-state index in [1.54, 1.807) is 0 Å². The quantitative estimate of drug-likeness (QED) is 0.822. The fraction of sp³-hybridized carbons (Fsp3) is 0.933. The summed E-state index contributed by atoms with van der Waals surface area (Å²) >= 11 is 0. The van der Waals surface area contributed by atoms with Gasteiger partial charge in [-0.05, 0) is 50.0 Å². The lowest BCUT2D eigenvalue weighted by atomic mass is 9.70. The minimum Gasteiger partial charge on any atom is -0.481 e. The maximum Gasteiger partial charge on any atom is 0.307 e. The Kier molecular flexibility index (Phi) is 4.00. The van der Waals surface area contributed by atoms with Gasteiger partial charge in [-0.25, -0.2) is 0 Å². The molecule has 104 valence electrons. The highest BCUT2D eigenvalue weighted by Gasteiger charge is 2.37. The molecule has 18 heavy (non-hydrogen) atoms. The van der Waals surface area contributed by atoms with Gasteiger partial charge in [0.2, 0.25) is 0 Å². The summed E-state index contributed by atoms with van der Waals surface area (Å²) in [5, 5.41) is 9.18. The molecule has 0 aromatic heterocycles. The molecule has 1 aliphatic heterocycles. The highest BCUT2D eigenvalue weighted by molar-refractivity contribution is 5.70. The Hall–Kier alpha value is -0.570. The zero-order chi connectivity index (χ0) is 13.3. The number of carboxylic acids is 1. The second kappa shape index (κ2) is 5.20. The van der Waals surface area contributed by atoms with Crippen LogP contribution >= 0.6 is 0 Å². The van der Waals surface area contributed by atoms with Crippen molar-refractivity contribution in [2.45, 2.75) is 58.9 Å². The maximum absolute atomic E-state index is 11.1. The lowest BCUT2D eigenvalue weighted by molar-refractivity contribution is -0.144. The molecule has 1 N–H and O–H groups in total. The number of nitrogens with zero attached hydrogens (tertiary/aromatic N) is 1. The molecule has 0 spiro atoms. The molecule has 1 saturated heterocycles. The molecule has 2 rings (SSSR count). The van der Waals surface area contributed by atoms with Crippen LogP contribution in [0.15, 0.2) is 0 Å². The smallest absolute Gasteiger partial charge is 0.307 e. The molecule has 0 aromatic rings. The summed E-state index contributed by atoms with van der Waals surface area (Å²) in [6.45, 7) is 8.91. The van der Waals surface area contributed by atoms with E-state index in [1.165, 1.54) is 19.3 Å². The molecule has 2 fully saturated rings. The van der Waals surface area contributed by atoms with Crippen LogP contribution in [0.2, 0.25) is 0 Å². The van der Waals surface area contributed by atoms with Crippen LogP contribution in [-0.2, 0) is 4.79 Å². The predicted octanol–water partition coefficient (Wildman–Crippen LogP) is 3.00. The number of piperidine rings is 1. The first-order chi connectivity index (χ1) is 8.37. The zero-order valence-corrected chi connectivity index (χ0v) is 12.0. The third kappa shape index (κ3) is 3.25. The number of likely N-dealkylation sites (tertiary alicyclic amines) is 1. The third-order valence-corrected chi connectivity index (χ3v) is 4.68. The van der Waals surface area contributed by atoms with E-state index in [0.29, 0.717) is 11.5 Å². The monoisotopic (exact) mass is 253 g/mol. The first kappa shape index (κ1) is 13.9. The van der Waals surface area contributed by atoms with Gasteiger partial charge in [0, 0.05) is 12.6 Å². The normalized spacial score (nSPS) is 37.4. The van der Waals surface area contributed by atoms with E-state index in [4.69, 9.17) is 0 Å². The van der Waals surface area contributed by atoms with Crippen molar-refractivity contribution in [1.82, 2.24) is 4.90 Å². The van der Waals surface area contributed by atoms with Gasteiger partial charge in [0.1, 0.15) is 0 Å². The summed E-state index contributed by atoms with van der Waals surface area (Å²) in [5.41, 5.74) is 0.415. The van der Waals surface area contributed by atoms with Crippen LogP contribution in [0.4, 0.5) is 0 Å². The largest absolute Gasteiger partial charge is 0.481 e. The molecule has 0 aromatic carbocycles. The molecule has 0 radical (unpaired) electrons. The highest BCUT2D eigenvalue weighted by Crippen LogP contribution is 2.41. The predicted molar refractivity (Wildman–Crippen MR) is 72.5 cm³/mol. The number of carbonyl (C=O) groups is 1. The van der Waals surface area contributed by atoms with Gasteiger partial charge in [0.25, 0.3) is 0 Å². The standard InChI is InChI=1S/C15H27NO2/c1-11-7-13(9-15(2,3)8-11)16-6-4-5-12(10-16)14(17)18/h11-13H,4-10H2,1-3H3,(H,17,18). The van der Waals surface area contributed by atoms with Crippen LogP contribution in [0.1, 0.15) is 52.9 Å². The number of aliphatic carboxylic acids is 1. The Bertz CT molecular complexity index is 314. The summed E-state index contributed by atoms with van der Waals surface area (Å²) in [7, 11) is 0. The molecule has 2 aliphatic rings. The molecule has 0 amide bonds. The SMILES string of the molecule is CC1CC(N2CCCC(C(=O)O)C2)CC(C)(C)C1. The molecule has 3 nitrogen and oxygen atoms in total. The van der Waals surface area contributed by atoms with Crippen molar-refractivity contribution in [3.63, 3.8) is 0 Å². The van der Waals surface area contributed by atoms with Gasteiger partial charge in [-0.1, -0.05) is 20.8 Å². The molecular weight excluding hydrogens is 226 g/mol. The highest BCUT2D eigenvalue weighted by atomic mass is 16.4. The van der Waals surface area contributed by atoms with Crippen molar-refractivity contribution < 1.29 is 9.90 Å². The second-order valence-corrected chi connectivity index (χ2v) is 7.24. The Morgan fingerprint density at radius 3 is 2.67 bits per heavy atom. The van der Waals surface area contributed by atoms with E-state index >= 15 is 0 Å². The van der Waals surface area contributed by atoms with Crippen molar-refractivity contribution in [1.29, 1.82) is 0 Å². The summed E-state index contributed by atoms with van der Waals surface area (Å²) in [6, 6.07) is 0.603. The molecule has 0 bridgehead atoms. The van der Waals surface area contributed by atoms with Crippen LogP contribution in [0, 0.1) is 17.3 Å². The third-order valence-electron chi connectivity index (χ3n) is 4.68. The average molecular weight is 253 g/mol. The minimum absolute atomic E-state index is 0.140. The lowest BCUT2D eigenvalue weighted by Gasteiger charge is -2.46. The molecular formula is C15H27NO2. The zero-order valence-electron chi connectivity index (χ0n) is 12.0. The number of hydrogen-bond donors (Lipinski definition) is 1. The van der Waals surface area contributed by atoms with Crippen LogP contribution < -0.4 is 0 Å². The lowest BCUT2D eigenvalue weighted by Crippen LogP contribution is -2.48. The summed E-state index contributed by atoms with van der Waals surface area (Å²) in [4.78, 5) is 13.6. The van der Waals surface area contributed by atoms with Crippen molar-refractivity contribution in [3.8, 4) is 0 Å². The Balaban J connectivity index is 2.00. The molecule has 1 saturated carbocycles. The maximum atomic E-state index is 11.1. The van der Waals surface area contributed by atoms with E-state index in [-0.39, 0.29) is 5.92 Å². The Labute approximate surface area is 111 Å². The number of rotatable bonds is 2. The van der Waals surface area contributed by atoms with E-state index < -0.39 is 5.97 Å². The molecule has 1 aliphatic carbocycles. The van der Waals surface area contributed by atoms with Gasteiger partial charge in [0.15, 0.2) is 0 Å². The minimum atomic E-state index is -0.609. The van der Waals surface area contributed by atoms with E-state index in [1.807, 2.05) is 0 Å². The van der Waals surface area contributed by atoms with Crippen molar-refractivity contribution in [2.24, 2.45) is 17.3 Å². The van der Waals surface area contributed by atoms with Crippen molar-refractivity contribution in [2.75, 3.05) is 13.1 Å². The van der Waals surface area contributed by atoms with Crippen LogP contribution in [0.5, 0.6) is 0 Å². The van der Waals surface area contributed by atoms with E-state index in [9.17, 15) is 9.90 Å². The summed E-state index contributed by atoms with van der Waals surface area (Å²) < 4.78 is 0. The summed E-state index contributed by atoms with van der Waals surface area (Å²) in [5.74, 6) is 0.0193. The average Bonchev–Trinajstić information content (AvgIpc) is 2.26. The van der Waals surface area contributed by atoms with Gasteiger partial charge in [0.05, 0.1) is 5.92 Å². The van der Waals surface area contributed by atoms with Crippen molar-refractivity contribution >= 4 is 5.97 Å². The second-order valence-electron chi connectivity index (χ2n) is 7.24.